The molecule has 3 rings (SSSR count). The van der Waals surface area contributed by atoms with Gasteiger partial charge < -0.3 is 10.6 Å². The molecule has 2 fully saturated rings. The highest BCUT2D eigenvalue weighted by atomic mass is 16.2. The van der Waals surface area contributed by atoms with Crippen LogP contribution in [0.3, 0.4) is 0 Å². The van der Waals surface area contributed by atoms with Crippen molar-refractivity contribution in [1.82, 2.24) is 10.2 Å². The van der Waals surface area contributed by atoms with Gasteiger partial charge in [-0.3, -0.25) is 9.69 Å². The maximum absolute atomic E-state index is 12.4. The zero-order valence-electron chi connectivity index (χ0n) is 15.1. The highest BCUT2D eigenvalue weighted by Crippen LogP contribution is 2.44. The number of nitrogens with one attached hydrogen (secondary N) is 2. The Labute approximate surface area is 146 Å². The highest BCUT2D eigenvalue weighted by Gasteiger charge is 2.42. The second-order valence-electron chi connectivity index (χ2n) is 7.24. The second-order valence-corrected chi connectivity index (χ2v) is 7.24. The summed E-state index contributed by atoms with van der Waals surface area (Å²) in [5, 5.41) is 6.63. The normalized spacial score (nSPS) is 17.3. The predicted molar refractivity (Wildman–Crippen MR) is 98.9 cm³/mol. The van der Waals surface area contributed by atoms with Crippen LogP contribution in [0, 0.1) is 11.8 Å². The Kier molecular flexibility index (Phi) is 5.77. The fraction of sp³-hybridized carbons (Fsp3) is 0.650. The average molecular weight is 329 g/mol. The number of benzene rings is 1. The number of para-hydroxylation sites is 1. The van der Waals surface area contributed by atoms with Gasteiger partial charge in [0.15, 0.2) is 0 Å². The zero-order valence-corrected chi connectivity index (χ0v) is 15.1. The number of amides is 1. The predicted octanol–water partition coefficient (Wildman–Crippen LogP) is 3.25. The van der Waals surface area contributed by atoms with E-state index in [-0.39, 0.29) is 5.91 Å². The van der Waals surface area contributed by atoms with Gasteiger partial charge in [-0.2, -0.15) is 0 Å². The molecule has 4 heteroatoms. The molecule has 2 saturated carbocycles. The molecule has 0 aromatic heterocycles. The van der Waals surface area contributed by atoms with Gasteiger partial charge in [0.25, 0.3) is 0 Å². The van der Waals surface area contributed by atoms with Crippen molar-refractivity contribution in [2.45, 2.75) is 52.1 Å². The molecule has 0 heterocycles. The van der Waals surface area contributed by atoms with E-state index in [1.165, 1.54) is 31.2 Å². The number of carbonyl (C=O) groups excluding carboxylic acids is 1. The molecule has 24 heavy (non-hydrogen) atoms. The Morgan fingerprint density at radius 2 is 1.75 bits per heavy atom. The van der Waals surface area contributed by atoms with E-state index in [4.69, 9.17) is 0 Å². The number of hydrogen-bond donors (Lipinski definition) is 2. The molecule has 0 atom stereocenters. The van der Waals surface area contributed by atoms with Gasteiger partial charge in [0.05, 0.1) is 6.54 Å². The summed E-state index contributed by atoms with van der Waals surface area (Å²) in [6, 6.07) is 8.76. The van der Waals surface area contributed by atoms with Crippen molar-refractivity contribution >= 4 is 11.6 Å². The molecule has 2 aliphatic rings. The molecule has 0 radical (unpaired) electrons. The van der Waals surface area contributed by atoms with Gasteiger partial charge in [0, 0.05) is 18.3 Å². The maximum Gasteiger partial charge on any atom is 0.239 e. The zero-order chi connectivity index (χ0) is 16.9. The second kappa shape index (κ2) is 8.02. The summed E-state index contributed by atoms with van der Waals surface area (Å²) >= 11 is 0. The first kappa shape index (κ1) is 17.3. The quantitative estimate of drug-likeness (QED) is 0.692. The summed E-state index contributed by atoms with van der Waals surface area (Å²) in [5.41, 5.74) is 2.34. The molecule has 4 nitrogen and oxygen atoms in total. The molecule has 132 valence electrons. The monoisotopic (exact) mass is 329 g/mol. The van der Waals surface area contributed by atoms with Crippen LogP contribution in [0.4, 0.5) is 5.69 Å². The summed E-state index contributed by atoms with van der Waals surface area (Å²) < 4.78 is 0. The van der Waals surface area contributed by atoms with E-state index in [1.54, 1.807) is 0 Å². The molecule has 0 bridgehead atoms. The summed E-state index contributed by atoms with van der Waals surface area (Å²) in [6.07, 6.45) is 5.17. The smallest absolute Gasteiger partial charge is 0.239 e. The third-order valence-corrected chi connectivity index (χ3v) is 5.33. The minimum atomic E-state index is 0.136. The third kappa shape index (κ3) is 4.73. The van der Waals surface area contributed by atoms with Crippen LogP contribution < -0.4 is 10.6 Å². The summed E-state index contributed by atoms with van der Waals surface area (Å²) in [5.74, 6) is 1.63. The van der Waals surface area contributed by atoms with Crippen LogP contribution in [-0.2, 0) is 11.3 Å². The van der Waals surface area contributed by atoms with Gasteiger partial charge in [-0.15, -0.1) is 0 Å². The van der Waals surface area contributed by atoms with Crippen molar-refractivity contribution in [1.29, 1.82) is 0 Å². The van der Waals surface area contributed by atoms with E-state index in [9.17, 15) is 4.79 Å². The van der Waals surface area contributed by atoms with E-state index in [2.05, 4.69) is 47.6 Å². The van der Waals surface area contributed by atoms with Gasteiger partial charge >= 0.3 is 0 Å². The lowest BCUT2D eigenvalue weighted by Crippen LogP contribution is -2.41. The molecule has 0 unspecified atom stereocenters. The molecular weight excluding hydrogens is 298 g/mol. The summed E-state index contributed by atoms with van der Waals surface area (Å²) in [4.78, 5) is 14.7. The van der Waals surface area contributed by atoms with E-state index in [0.717, 1.165) is 37.2 Å². The standard InChI is InChI=1S/C20H31N3O/c1-3-23(4-2)14-17-7-5-6-8-18(17)21-13-19(24)22-20(15-9-10-15)16-11-12-16/h5-8,15-16,20-21H,3-4,9-14H2,1-2H3,(H,22,24). The first-order chi connectivity index (χ1) is 11.7. The maximum atomic E-state index is 12.4. The largest absolute Gasteiger partial charge is 0.376 e. The third-order valence-electron chi connectivity index (χ3n) is 5.33. The Morgan fingerprint density at radius 1 is 1.12 bits per heavy atom. The number of anilines is 1. The first-order valence-corrected chi connectivity index (χ1v) is 9.54. The van der Waals surface area contributed by atoms with Crippen molar-refractivity contribution in [2.75, 3.05) is 25.0 Å². The molecule has 2 aliphatic carbocycles. The van der Waals surface area contributed by atoms with Crippen LogP contribution in [0.1, 0.15) is 45.1 Å². The fourth-order valence-electron chi connectivity index (χ4n) is 3.46. The van der Waals surface area contributed by atoms with Crippen molar-refractivity contribution in [2.24, 2.45) is 11.8 Å². The van der Waals surface area contributed by atoms with Crippen LogP contribution >= 0.6 is 0 Å². The van der Waals surface area contributed by atoms with Gasteiger partial charge in [0.1, 0.15) is 0 Å². The minimum Gasteiger partial charge on any atom is -0.376 e. The van der Waals surface area contributed by atoms with E-state index < -0.39 is 0 Å². The molecule has 0 spiro atoms. The molecule has 0 aliphatic heterocycles. The van der Waals surface area contributed by atoms with Crippen LogP contribution in [0.15, 0.2) is 24.3 Å². The number of nitrogens with zero attached hydrogens (tertiary/aromatic N) is 1. The van der Waals surface area contributed by atoms with E-state index >= 15 is 0 Å². The van der Waals surface area contributed by atoms with Gasteiger partial charge in [0.2, 0.25) is 5.91 Å². The topological polar surface area (TPSA) is 44.4 Å². The number of carbonyl (C=O) groups is 1. The molecule has 2 N–H and O–H groups in total. The lowest BCUT2D eigenvalue weighted by molar-refractivity contribution is -0.120. The molecule has 1 aromatic rings. The summed E-state index contributed by atoms with van der Waals surface area (Å²) in [7, 11) is 0. The Hall–Kier alpha value is -1.55. The van der Waals surface area contributed by atoms with Crippen molar-refractivity contribution in [3.63, 3.8) is 0 Å². The number of hydrogen-bond acceptors (Lipinski definition) is 3. The molecule has 1 aromatic carbocycles. The van der Waals surface area contributed by atoms with Crippen LogP contribution in [0.5, 0.6) is 0 Å². The first-order valence-electron chi connectivity index (χ1n) is 9.54. The van der Waals surface area contributed by atoms with E-state index in [1.807, 2.05) is 6.07 Å². The molecule has 1 amide bonds. The van der Waals surface area contributed by atoms with Crippen LogP contribution in [0.25, 0.3) is 0 Å². The van der Waals surface area contributed by atoms with E-state index in [0.29, 0.717) is 12.6 Å². The van der Waals surface area contributed by atoms with Gasteiger partial charge in [-0.05, 0) is 62.2 Å². The molecular formula is C20H31N3O. The Morgan fingerprint density at radius 3 is 2.33 bits per heavy atom. The minimum absolute atomic E-state index is 0.136. The lowest BCUT2D eigenvalue weighted by atomic mass is 10.1. The van der Waals surface area contributed by atoms with Crippen molar-refractivity contribution < 1.29 is 4.79 Å². The summed E-state index contributed by atoms with van der Waals surface area (Å²) in [6.45, 7) is 7.73. The van der Waals surface area contributed by atoms with Gasteiger partial charge in [-0.25, -0.2) is 0 Å². The number of rotatable bonds is 10. The van der Waals surface area contributed by atoms with Crippen molar-refractivity contribution in [3.05, 3.63) is 29.8 Å². The highest BCUT2D eigenvalue weighted by molar-refractivity contribution is 5.81. The van der Waals surface area contributed by atoms with Crippen LogP contribution in [-0.4, -0.2) is 36.5 Å². The van der Waals surface area contributed by atoms with Crippen LogP contribution in [0.2, 0.25) is 0 Å². The Balaban J connectivity index is 1.52. The van der Waals surface area contributed by atoms with Gasteiger partial charge in [-0.1, -0.05) is 32.0 Å². The molecule has 0 saturated heterocycles. The lowest BCUT2D eigenvalue weighted by Gasteiger charge is -2.21. The van der Waals surface area contributed by atoms with Crippen molar-refractivity contribution in [3.8, 4) is 0 Å². The average Bonchev–Trinajstić information content (AvgIpc) is 3.49. The fourth-order valence-corrected chi connectivity index (χ4v) is 3.46. The SMILES string of the molecule is CCN(CC)Cc1ccccc1NCC(=O)NC(C1CC1)C1CC1. The Bertz CT molecular complexity index is 536.